The van der Waals surface area contributed by atoms with Crippen molar-refractivity contribution in [3.8, 4) is 0 Å². The molecule has 24 heavy (non-hydrogen) atoms. The Bertz CT molecular complexity index is 738. The Balaban J connectivity index is 1.68. The summed E-state index contributed by atoms with van der Waals surface area (Å²) in [7, 11) is 0. The Morgan fingerprint density at radius 1 is 1.17 bits per heavy atom. The minimum atomic E-state index is -0.403. The van der Waals surface area contributed by atoms with Gasteiger partial charge in [0, 0.05) is 6.04 Å². The summed E-state index contributed by atoms with van der Waals surface area (Å²) in [6.07, 6.45) is 12.8. The summed E-state index contributed by atoms with van der Waals surface area (Å²) >= 11 is 0. The first kappa shape index (κ1) is 15.1. The SMILES string of the molecule is N=C1/C(=C2\N=C3C=CC=CC3C(=O)N2)C(=O)CN1C1CCCCC1. The second-order valence-electron chi connectivity index (χ2n) is 6.66. The summed E-state index contributed by atoms with van der Waals surface area (Å²) < 4.78 is 0. The number of likely N-dealkylation sites (tertiary alicyclic amines) is 1. The summed E-state index contributed by atoms with van der Waals surface area (Å²) in [4.78, 5) is 31.1. The molecule has 4 rings (SSSR count). The molecule has 1 saturated heterocycles. The average molecular weight is 324 g/mol. The van der Waals surface area contributed by atoms with E-state index in [0.717, 1.165) is 25.7 Å². The van der Waals surface area contributed by atoms with Gasteiger partial charge in [0.1, 0.15) is 17.2 Å². The lowest BCUT2D eigenvalue weighted by Gasteiger charge is -2.31. The Morgan fingerprint density at radius 2 is 1.96 bits per heavy atom. The minimum absolute atomic E-state index is 0.126. The standard InChI is InChI=1S/C18H20N4O2/c19-16-15(14(23)10-22(16)11-6-2-1-3-7-11)17-20-13-9-5-4-8-12(13)18(24)21-17/h4-5,8-9,11-12,19H,1-3,6-7,10H2,(H,21,24)/b17-15+,19-16?. The molecular weight excluding hydrogens is 304 g/mol. The molecule has 0 radical (unpaired) electrons. The lowest BCUT2D eigenvalue weighted by atomic mass is 9.94. The molecule has 1 atom stereocenters. The van der Waals surface area contributed by atoms with Crippen molar-refractivity contribution in [3.63, 3.8) is 0 Å². The van der Waals surface area contributed by atoms with Crippen LogP contribution in [-0.2, 0) is 9.59 Å². The molecule has 1 amide bonds. The minimum Gasteiger partial charge on any atom is -0.346 e. The fourth-order valence-electron chi connectivity index (χ4n) is 3.87. The monoisotopic (exact) mass is 324 g/mol. The molecule has 2 aliphatic heterocycles. The van der Waals surface area contributed by atoms with Gasteiger partial charge in [0.15, 0.2) is 5.78 Å². The van der Waals surface area contributed by atoms with Crippen LogP contribution in [0.1, 0.15) is 32.1 Å². The fourth-order valence-corrected chi connectivity index (χ4v) is 3.87. The van der Waals surface area contributed by atoms with Crippen molar-refractivity contribution in [2.75, 3.05) is 6.54 Å². The van der Waals surface area contributed by atoms with Gasteiger partial charge < -0.3 is 10.2 Å². The van der Waals surface area contributed by atoms with E-state index < -0.39 is 5.92 Å². The van der Waals surface area contributed by atoms with Crippen molar-refractivity contribution < 1.29 is 9.59 Å². The number of aliphatic imine (C=N–C) groups is 1. The number of nitrogens with zero attached hydrogens (tertiary/aromatic N) is 2. The van der Waals surface area contributed by atoms with Crippen LogP contribution in [0.4, 0.5) is 0 Å². The zero-order valence-corrected chi connectivity index (χ0v) is 13.4. The van der Waals surface area contributed by atoms with E-state index >= 15 is 0 Å². The lowest BCUT2D eigenvalue weighted by Crippen LogP contribution is -2.40. The number of Topliss-reactive ketones (excluding diaryl/α,β-unsaturated/α-hetero) is 1. The maximum atomic E-state index is 12.5. The number of amidine groups is 1. The van der Waals surface area contributed by atoms with Crippen molar-refractivity contribution in [1.29, 1.82) is 5.41 Å². The summed E-state index contributed by atoms with van der Waals surface area (Å²) in [5, 5.41) is 11.2. The number of carbonyl (C=O) groups excluding carboxylic acids is 2. The van der Waals surface area contributed by atoms with Crippen LogP contribution in [0.25, 0.3) is 0 Å². The molecule has 2 aliphatic carbocycles. The highest BCUT2D eigenvalue weighted by Crippen LogP contribution is 2.29. The predicted octanol–water partition coefficient (Wildman–Crippen LogP) is 1.71. The van der Waals surface area contributed by atoms with Crippen molar-refractivity contribution in [2.45, 2.75) is 38.1 Å². The number of nitrogens with one attached hydrogen (secondary N) is 2. The number of carbonyl (C=O) groups is 2. The largest absolute Gasteiger partial charge is 0.346 e. The molecule has 4 aliphatic rings. The van der Waals surface area contributed by atoms with Crippen LogP contribution in [-0.4, -0.2) is 40.7 Å². The summed E-state index contributed by atoms with van der Waals surface area (Å²) in [6.45, 7) is 0.224. The van der Waals surface area contributed by atoms with E-state index in [1.807, 2.05) is 17.1 Å². The van der Waals surface area contributed by atoms with Crippen LogP contribution >= 0.6 is 0 Å². The number of allylic oxidation sites excluding steroid dienone is 3. The molecule has 2 heterocycles. The van der Waals surface area contributed by atoms with Gasteiger partial charge in [-0.2, -0.15) is 0 Å². The Hall–Kier alpha value is -2.50. The van der Waals surface area contributed by atoms with Gasteiger partial charge in [0.25, 0.3) is 0 Å². The second kappa shape index (κ2) is 5.85. The molecule has 1 unspecified atom stereocenters. The molecule has 0 aromatic carbocycles. The van der Waals surface area contributed by atoms with Crippen LogP contribution in [0.3, 0.4) is 0 Å². The van der Waals surface area contributed by atoms with E-state index in [1.165, 1.54) is 6.42 Å². The van der Waals surface area contributed by atoms with Crippen LogP contribution in [0.15, 0.2) is 40.7 Å². The summed E-state index contributed by atoms with van der Waals surface area (Å²) in [6, 6.07) is 0.255. The average Bonchev–Trinajstić information content (AvgIpc) is 2.90. The van der Waals surface area contributed by atoms with Crippen LogP contribution in [0.2, 0.25) is 0 Å². The number of amides is 1. The number of fused-ring (bicyclic) bond motifs is 1. The molecule has 6 heteroatoms. The molecule has 1 saturated carbocycles. The molecule has 0 bridgehead atoms. The molecule has 0 aromatic rings. The first-order valence-electron chi connectivity index (χ1n) is 8.52. The highest BCUT2D eigenvalue weighted by Gasteiger charge is 2.39. The molecule has 0 spiro atoms. The maximum absolute atomic E-state index is 12.5. The van der Waals surface area contributed by atoms with Crippen molar-refractivity contribution in [2.24, 2.45) is 10.9 Å². The van der Waals surface area contributed by atoms with Crippen molar-refractivity contribution in [1.82, 2.24) is 10.2 Å². The van der Waals surface area contributed by atoms with Gasteiger partial charge in [0.2, 0.25) is 5.91 Å². The van der Waals surface area contributed by atoms with Crippen LogP contribution in [0, 0.1) is 11.3 Å². The Kier molecular flexibility index (Phi) is 3.67. The number of ketones is 1. The third-order valence-electron chi connectivity index (χ3n) is 5.13. The highest BCUT2D eigenvalue weighted by atomic mass is 16.2. The quantitative estimate of drug-likeness (QED) is 0.720. The van der Waals surface area contributed by atoms with Crippen molar-refractivity contribution in [3.05, 3.63) is 35.7 Å². The fraction of sp³-hybridized carbons (Fsp3) is 0.444. The zero-order valence-electron chi connectivity index (χ0n) is 13.4. The molecular formula is C18H20N4O2. The molecule has 2 fully saturated rings. The first-order chi connectivity index (χ1) is 11.6. The lowest BCUT2D eigenvalue weighted by molar-refractivity contribution is -0.121. The van der Waals surface area contributed by atoms with E-state index in [4.69, 9.17) is 5.41 Å². The van der Waals surface area contributed by atoms with Gasteiger partial charge in [-0.15, -0.1) is 0 Å². The van der Waals surface area contributed by atoms with E-state index in [2.05, 4.69) is 10.3 Å². The first-order valence-corrected chi connectivity index (χ1v) is 8.52. The van der Waals surface area contributed by atoms with Crippen molar-refractivity contribution >= 4 is 23.2 Å². The van der Waals surface area contributed by atoms with Gasteiger partial charge in [0.05, 0.1) is 18.2 Å². The van der Waals surface area contributed by atoms with Gasteiger partial charge in [-0.25, -0.2) is 4.99 Å². The van der Waals surface area contributed by atoms with E-state index in [1.54, 1.807) is 12.2 Å². The number of hydrogen-bond acceptors (Lipinski definition) is 4. The van der Waals surface area contributed by atoms with Gasteiger partial charge in [-0.05, 0) is 18.9 Å². The van der Waals surface area contributed by atoms with Gasteiger partial charge in [-0.1, -0.05) is 37.5 Å². The third-order valence-corrected chi connectivity index (χ3v) is 5.13. The van der Waals surface area contributed by atoms with E-state index in [0.29, 0.717) is 5.71 Å². The normalized spacial score (nSPS) is 30.5. The Morgan fingerprint density at radius 3 is 2.75 bits per heavy atom. The zero-order chi connectivity index (χ0) is 16.7. The van der Waals surface area contributed by atoms with Crippen LogP contribution in [0.5, 0.6) is 0 Å². The highest BCUT2D eigenvalue weighted by molar-refractivity contribution is 6.27. The molecule has 2 N–H and O–H groups in total. The smallest absolute Gasteiger partial charge is 0.238 e. The maximum Gasteiger partial charge on any atom is 0.238 e. The number of hydrogen-bond donors (Lipinski definition) is 2. The summed E-state index contributed by atoms with van der Waals surface area (Å²) in [5.41, 5.74) is 0.878. The molecule has 0 aromatic heterocycles. The predicted molar refractivity (Wildman–Crippen MR) is 90.7 cm³/mol. The molecule has 124 valence electrons. The second-order valence-corrected chi connectivity index (χ2v) is 6.66. The van der Waals surface area contributed by atoms with Gasteiger partial charge in [-0.3, -0.25) is 15.0 Å². The molecule has 6 nitrogen and oxygen atoms in total. The van der Waals surface area contributed by atoms with Gasteiger partial charge >= 0.3 is 0 Å². The topological polar surface area (TPSA) is 85.6 Å². The van der Waals surface area contributed by atoms with E-state index in [9.17, 15) is 9.59 Å². The number of rotatable bonds is 1. The summed E-state index contributed by atoms with van der Waals surface area (Å²) in [5.74, 6) is -0.279. The Labute approximate surface area is 140 Å². The van der Waals surface area contributed by atoms with E-state index in [-0.39, 0.29) is 41.5 Å². The third kappa shape index (κ3) is 2.42. The van der Waals surface area contributed by atoms with Crippen LogP contribution < -0.4 is 5.32 Å².